The van der Waals surface area contributed by atoms with Crippen molar-refractivity contribution in [2.24, 2.45) is 0 Å². The number of halogens is 4. The molecule has 1 fully saturated rings. The highest BCUT2D eigenvalue weighted by Gasteiger charge is 2.34. The molecule has 0 unspecified atom stereocenters. The van der Waals surface area contributed by atoms with Crippen LogP contribution in [0, 0.1) is 6.92 Å². The molecule has 1 atom stereocenters. The molecule has 5 rings (SSSR count). The molecule has 0 saturated carbocycles. The van der Waals surface area contributed by atoms with Crippen LogP contribution in [-0.4, -0.2) is 52.5 Å². The maximum Gasteiger partial charge on any atom is 0.417 e. The third-order valence-electron chi connectivity index (χ3n) is 6.51. The molecule has 1 saturated heterocycles. The standard InChI is InChI=1S/C26H25ClF3N3O4/c1-15-31-32-25(36-15)24-12-19-22(3-2-4-23(19)37-24)35-14-18(34)13-33-9-7-16(8-10-33)17-5-6-21(27)20(11-17)26(28,29)30/h2-6,11-12,16,18,34H,7-10,13-14H2,1H3/t18-/m0/s1. The molecule has 0 aliphatic carbocycles. The highest BCUT2D eigenvalue weighted by Crippen LogP contribution is 2.38. The Morgan fingerprint density at radius 2 is 1.92 bits per heavy atom. The quantitative estimate of drug-likeness (QED) is 0.307. The average Bonchev–Trinajstić information content (AvgIpc) is 3.49. The highest BCUT2D eigenvalue weighted by atomic mass is 35.5. The van der Waals surface area contributed by atoms with Gasteiger partial charge in [-0.2, -0.15) is 13.2 Å². The Bertz CT molecular complexity index is 1380. The first-order chi connectivity index (χ1) is 17.7. The van der Waals surface area contributed by atoms with Crippen LogP contribution in [0.25, 0.3) is 22.6 Å². The van der Waals surface area contributed by atoms with Gasteiger partial charge in [0.25, 0.3) is 5.89 Å². The zero-order chi connectivity index (χ0) is 26.2. The summed E-state index contributed by atoms with van der Waals surface area (Å²) in [5.74, 6) is 1.70. The first kappa shape index (κ1) is 25.6. The van der Waals surface area contributed by atoms with E-state index in [0.717, 1.165) is 11.5 Å². The van der Waals surface area contributed by atoms with Gasteiger partial charge in [0.2, 0.25) is 5.89 Å². The lowest BCUT2D eigenvalue weighted by molar-refractivity contribution is -0.137. The number of ether oxygens (including phenoxy) is 1. The SMILES string of the molecule is Cc1nnc(-c2cc3c(OC[C@@H](O)CN4CCC(c5ccc(Cl)c(C(F)(F)F)c5)CC4)cccc3o2)o1. The van der Waals surface area contributed by atoms with Gasteiger partial charge in [-0.15, -0.1) is 10.2 Å². The van der Waals surface area contributed by atoms with Crippen LogP contribution in [0.4, 0.5) is 13.2 Å². The Balaban J connectivity index is 1.16. The number of fused-ring (bicyclic) bond motifs is 1. The van der Waals surface area contributed by atoms with E-state index in [1.807, 2.05) is 0 Å². The Labute approximate surface area is 215 Å². The van der Waals surface area contributed by atoms with Gasteiger partial charge in [0.1, 0.15) is 24.0 Å². The molecule has 1 N–H and O–H groups in total. The van der Waals surface area contributed by atoms with E-state index in [1.165, 1.54) is 6.07 Å². The number of aliphatic hydroxyl groups is 1. The zero-order valence-electron chi connectivity index (χ0n) is 20.0. The van der Waals surface area contributed by atoms with Crippen LogP contribution in [-0.2, 0) is 6.18 Å². The molecule has 2 aromatic heterocycles. The molecule has 7 nitrogen and oxygen atoms in total. The van der Waals surface area contributed by atoms with Crippen molar-refractivity contribution in [3.8, 4) is 17.4 Å². The van der Waals surface area contributed by atoms with Crippen molar-refractivity contribution in [1.29, 1.82) is 0 Å². The zero-order valence-corrected chi connectivity index (χ0v) is 20.7. The monoisotopic (exact) mass is 535 g/mol. The van der Waals surface area contributed by atoms with E-state index in [4.69, 9.17) is 25.2 Å². The van der Waals surface area contributed by atoms with Gasteiger partial charge in [-0.1, -0.05) is 23.7 Å². The number of hydrogen-bond donors (Lipinski definition) is 1. The van der Waals surface area contributed by atoms with Crippen LogP contribution in [0.15, 0.2) is 51.3 Å². The van der Waals surface area contributed by atoms with Gasteiger partial charge >= 0.3 is 6.18 Å². The Morgan fingerprint density at radius 1 is 1.14 bits per heavy atom. The first-order valence-electron chi connectivity index (χ1n) is 11.9. The molecule has 4 aromatic rings. The second-order valence-electron chi connectivity index (χ2n) is 9.18. The highest BCUT2D eigenvalue weighted by molar-refractivity contribution is 6.31. The summed E-state index contributed by atoms with van der Waals surface area (Å²) in [6, 6.07) is 11.3. The van der Waals surface area contributed by atoms with Gasteiger partial charge in [-0.05, 0) is 61.7 Å². The van der Waals surface area contributed by atoms with E-state index in [9.17, 15) is 18.3 Å². The molecule has 1 aliphatic rings. The van der Waals surface area contributed by atoms with Crippen molar-refractivity contribution >= 4 is 22.6 Å². The second-order valence-corrected chi connectivity index (χ2v) is 9.59. The number of aryl methyl sites for hydroxylation is 1. The number of aromatic nitrogens is 2. The molecule has 0 radical (unpaired) electrons. The van der Waals surface area contributed by atoms with Gasteiger partial charge in [-0.25, -0.2) is 0 Å². The number of hydrogen-bond acceptors (Lipinski definition) is 7. The molecule has 11 heteroatoms. The molecule has 37 heavy (non-hydrogen) atoms. The number of piperidine rings is 1. The molecule has 3 heterocycles. The van der Waals surface area contributed by atoms with E-state index >= 15 is 0 Å². The lowest BCUT2D eigenvalue weighted by atomic mass is 9.88. The number of nitrogens with zero attached hydrogens (tertiary/aromatic N) is 3. The van der Waals surface area contributed by atoms with Crippen molar-refractivity contribution in [2.75, 3.05) is 26.2 Å². The molecule has 2 aromatic carbocycles. The second kappa shape index (κ2) is 10.4. The topological polar surface area (TPSA) is 84.8 Å². The van der Waals surface area contributed by atoms with E-state index in [1.54, 1.807) is 37.3 Å². The van der Waals surface area contributed by atoms with Gasteiger partial charge in [0, 0.05) is 19.5 Å². The number of β-amino-alcohol motifs (C(OH)–C–C–N with tert-alkyl or cyclic N) is 1. The van der Waals surface area contributed by atoms with Crippen LogP contribution < -0.4 is 4.74 Å². The minimum absolute atomic E-state index is 0.0125. The normalized spacial score (nSPS) is 16.4. The lowest BCUT2D eigenvalue weighted by Crippen LogP contribution is -2.40. The Morgan fingerprint density at radius 3 is 2.62 bits per heavy atom. The third kappa shape index (κ3) is 5.76. The summed E-state index contributed by atoms with van der Waals surface area (Å²) in [7, 11) is 0. The minimum Gasteiger partial charge on any atom is -0.490 e. The molecule has 196 valence electrons. The number of aliphatic hydroxyl groups excluding tert-OH is 1. The van der Waals surface area contributed by atoms with E-state index < -0.39 is 17.8 Å². The summed E-state index contributed by atoms with van der Waals surface area (Å²) in [5, 5.41) is 18.8. The summed E-state index contributed by atoms with van der Waals surface area (Å²) in [4.78, 5) is 2.10. The summed E-state index contributed by atoms with van der Waals surface area (Å²) in [5.41, 5.74) is 0.438. The summed E-state index contributed by atoms with van der Waals surface area (Å²) < 4.78 is 56.8. The molecule has 0 spiro atoms. The average molecular weight is 536 g/mol. The fourth-order valence-corrected chi connectivity index (χ4v) is 4.89. The predicted molar refractivity (Wildman–Crippen MR) is 131 cm³/mol. The van der Waals surface area contributed by atoms with Crippen molar-refractivity contribution in [1.82, 2.24) is 15.1 Å². The van der Waals surface area contributed by atoms with E-state index in [-0.39, 0.29) is 23.4 Å². The number of benzene rings is 2. The number of likely N-dealkylation sites (tertiary alicyclic amines) is 1. The lowest BCUT2D eigenvalue weighted by Gasteiger charge is -2.33. The van der Waals surface area contributed by atoms with Crippen molar-refractivity contribution in [3.63, 3.8) is 0 Å². The minimum atomic E-state index is -4.48. The number of rotatable bonds is 7. The van der Waals surface area contributed by atoms with Crippen LogP contribution in [0.1, 0.15) is 35.8 Å². The fourth-order valence-electron chi connectivity index (χ4n) is 4.66. The maximum absolute atomic E-state index is 13.2. The van der Waals surface area contributed by atoms with Crippen LogP contribution in [0.5, 0.6) is 5.75 Å². The van der Waals surface area contributed by atoms with Crippen molar-refractivity contribution < 1.29 is 31.8 Å². The Kier molecular flexibility index (Phi) is 7.15. The maximum atomic E-state index is 13.2. The molecule has 1 aliphatic heterocycles. The molecular formula is C26H25ClF3N3O4. The third-order valence-corrected chi connectivity index (χ3v) is 6.84. The van der Waals surface area contributed by atoms with Crippen molar-refractivity contribution in [2.45, 2.75) is 38.0 Å². The number of furan rings is 1. The molecule has 0 amide bonds. The number of alkyl halides is 3. The van der Waals surface area contributed by atoms with Crippen LogP contribution in [0.2, 0.25) is 5.02 Å². The largest absolute Gasteiger partial charge is 0.490 e. The molecular weight excluding hydrogens is 511 g/mol. The van der Waals surface area contributed by atoms with Crippen LogP contribution >= 0.6 is 11.6 Å². The van der Waals surface area contributed by atoms with E-state index in [2.05, 4.69) is 15.1 Å². The van der Waals surface area contributed by atoms with Crippen LogP contribution in [0.3, 0.4) is 0 Å². The summed E-state index contributed by atoms with van der Waals surface area (Å²) in [6.45, 7) is 3.49. The fraction of sp³-hybridized carbons (Fsp3) is 0.385. The van der Waals surface area contributed by atoms with Gasteiger partial charge < -0.3 is 23.6 Å². The van der Waals surface area contributed by atoms with Crippen molar-refractivity contribution in [3.05, 3.63) is 64.5 Å². The summed E-state index contributed by atoms with van der Waals surface area (Å²) >= 11 is 5.75. The summed E-state index contributed by atoms with van der Waals surface area (Å²) in [6.07, 6.45) is -3.84. The van der Waals surface area contributed by atoms with Gasteiger partial charge in [0.05, 0.1) is 16.0 Å². The predicted octanol–water partition coefficient (Wildman–Crippen LogP) is 6.08. The van der Waals surface area contributed by atoms with Gasteiger partial charge in [0.15, 0.2) is 5.76 Å². The molecule has 0 bridgehead atoms. The van der Waals surface area contributed by atoms with Gasteiger partial charge in [-0.3, -0.25) is 0 Å². The first-order valence-corrected chi connectivity index (χ1v) is 12.3. The smallest absolute Gasteiger partial charge is 0.417 e. The van der Waals surface area contributed by atoms with E-state index in [0.29, 0.717) is 61.0 Å². The Hall–Kier alpha value is -3.08.